The van der Waals surface area contributed by atoms with Crippen molar-refractivity contribution in [3.8, 4) is 17.2 Å². The average Bonchev–Trinajstić information content (AvgIpc) is 3.48. The lowest BCUT2D eigenvalue weighted by molar-refractivity contribution is -0.135. The predicted molar refractivity (Wildman–Crippen MR) is 105 cm³/mol. The Bertz CT molecular complexity index is 721. The molecule has 1 aromatic carbocycles. The molecule has 2 atom stereocenters. The molecule has 1 saturated heterocycles. The van der Waals surface area contributed by atoms with Gasteiger partial charge in [0.05, 0.1) is 27.2 Å². The van der Waals surface area contributed by atoms with Crippen LogP contribution in [0.3, 0.4) is 0 Å². The number of ether oxygens (including phenoxy) is 3. The van der Waals surface area contributed by atoms with Gasteiger partial charge in [0.2, 0.25) is 17.6 Å². The molecule has 0 N–H and O–H groups in total. The Kier molecular flexibility index (Phi) is 6.01. The molecule has 0 aromatic heterocycles. The van der Waals surface area contributed by atoms with Gasteiger partial charge in [0.25, 0.3) is 0 Å². The fraction of sp³-hybridized carbons (Fsp3) is 0.619. The van der Waals surface area contributed by atoms with Crippen LogP contribution in [0, 0.1) is 11.8 Å². The molecule has 1 aliphatic heterocycles. The lowest BCUT2D eigenvalue weighted by Crippen LogP contribution is -2.37. The van der Waals surface area contributed by atoms with Gasteiger partial charge in [-0.05, 0) is 37.5 Å². The van der Waals surface area contributed by atoms with E-state index in [9.17, 15) is 9.59 Å². The number of hydrogen-bond acceptors (Lipinski definition) is 5. The number of nitrogens with zero attached hydrogens (tertiary/aromatic N) is 2. The standard InChI is InChI=1S/C21H30N2O5/c1-6-22(2)21(25)16-12-23(20(24)13-7-8-13)11-15(16)14-9-17(26-3)19(28-5)18(10-14)27-4/h9-10,13,15-16H,6-8,11-12H2,1-5H3/t15-,16-/m1/s1. The Morgan fingerprint density at radius 1 is 1.07 bits per heavy atom. The lowest BCUT2D eigenvalue weighted by Gasteiger charge is -2.24. The molecule has 0 radical (unpaired) electrons. The quantitative estimate of drug-likeness (QED) is 0.714. The van der Waals surface area contributed by atoms with E-state index < -0.39 is 0 Å². The molecule has 2 aliphatic rings. The van der Waals surface area contributed by atoms with Crippen LogP contribution in [0.4, 0.5) is 0 Å². The molecule has 0 unspecified atom stereocenters. The maximum absolute atomic E-state index is 13.0. The van der Waals surface area contributed by atoms with Gasteiger partial charge in [0.1, 0.15) is 0 Å². The molecule has 1 heterocycles. The molecule has 1 aromatic rings. The van der Waals surface area contributed by atoms with Crippen molar-refractivity contribution in [3.05, 3.63) is 17.7 Å². The second kappa shape index (κ2) is 8.29. The average molecular weight is 390 g/mol. The zero-order valence-electron chi connectivity index (χ0n) is 17.4. The zero-order valence-corrected chi connectivity index (χ0v) is 17.4. The minimum Gasteiger partial charge on any atom is -0.493 e. The number of carbonyl (C=O) groups excluding carboxylic acids is 2. The zero-order chi connectivity index (χ0) is 20.4. The minimum atomic E-state index is -0.282. The number of carbonyl (C=O) groups is 2. The monoisotopic (exact) mass is 390 g/mol. The van der Waals surface area contributed by atoms with Gasteiger partial charge in [-0.1, -0.05) is 0 Å². The molecule has 3 rings (SSSR count). The van der Waals surface area contributed by atoms with Crippen molar-refractivity contribution in [2.24, 2.45) is 11.8 Å². The van der Waals surface area contributed by atoms with Crippen LogP contribution in [0.25, 0.3) is 0 Å². The van der Waals surface area contributed by atoms with Crippen molar-refractivity contribution in [2.75, 3.05) is 48.0 Å². The van der Waals surface area contributed by atoms with Gasteiger partial charge in [0.15, 0.2) is 11.5 Å². The summed E-state index contributed by atoms with van der Waals surface area (Å²) in [6, 6.07) is 3.78. The van der Waals surface area contributed by atoms with E-state index in [1.807, 2.05) is 24.0 Å². The first-order valence-electron chi connectivity index (χ1n) is 9.78. The highest BCUT2D eigenvalue weighted by Crippen LogP contribution is 2.44. The number of methoxy groups -OCH3 is 3. The van der Waals surface area contributed by atoms with E-state index in [0.29, 0.717) is 36.9 Å². The molecule has 7 heteroatoms. The first-order chi connectivity index (χ1) is 13.4. The van der Waals surface area contributed by atoms with Gasteiger partial charge in [0, 0.05) is 38.5 Å². The van der Waals surface area contributed by atoms with Crippen molar-refractivity contribution in [3.63, 3.8) is 0 Å². The van der Waals surface area contributed by atoms with Gasteiger partial charge < -0.3 is 24.0 Å². The largest absolute Gasteiger partial charge is 0.493 e. The van der Waals surface area contributed by atoms with Crippen LogP contribution < -0.4 is 14.2 Å². The molecule has 154 valence electrons. The Balaban J connectivity index is 1.98. The summed E-state index contributed by atoms with van der Waals surface area (Å²) >= 11 is 0. The highest BCUT2D eigenvalue weighted by molar-refractivity contribution is 5.85. The van der Waals surface area contributed by atoms with E-state index in [2.05, 4.69) is 0 Å². The Labute approximate surface area is 166 Å². The third kappa shape index (κ3) is 3.75. The van der Waals surface area contributed by atoms with Gasteiger partial charge in [-0.3, -0.25) is 9.59 Å². The summed E-state index contributed by atoms with van der Waals surface area (Å²) in [5, 5.41) is 0. The van der Waals surface area contributed by atoms with E-state index >= 15 is 0 Å². The number of hydrogen-bond donors (Lipinski definition) is 0. The summed E-state index contributed by atoms with van der Waals surface area (Å²) in [5.74, 6) is 1.61. The minimum absolute atomic E-state index is 0.0624. The summed E-state index contributed by atoms with van der Waals surface area (Å²) in [7, 11) is 6.52. The van der Waals surface area contributed by atoms with E-state index in [0.717, 1.165) is 18.4 Å². The molecule has 0 spiro atoms. The van der Waals surface area contributed by atoms with Crippen LogP contribution in [0.15, 0.2) is 12.1 Å². The first-order valence-corrected chi connectivity index (χ1v) is 9.78. The summed E-state index contributed by atoms with van der Waals surface area (Å²) in [6.45, 7) is 3.57. The van der Waals surface area contributed by atoms with Crippen LogP contribution in [-0.4, -0.2) is 69.6 Å². The molecular weight excluding hydrogens is 360 g/mol. The van der Waals surface area contributed by atoms with Gasteiger partial charge in [-0.15, -0.1) is 0 Å². The third-order valence-corrected chi connectivity index (χ3v) is 5.84. The molecule has 2 fully saturated rings. The van der Waals surface area contributed by atoms with E-state index in [-0.39, 0.29) is 29.6 Å². The predicted octanol–water partition coefficient (Wildman–Crippen LogP) is 2.14. The second-order valence-corrected chi connectivity index (χ2v) is 7.54. The van der Waals surface area contributed by atoms with E-state index in [4.69, 9.17) is 14.2 Å². The van der Waals surface area contributed by atoms with Crippen LogP contribution in [0.5, 0.6) is 17.2 Å². The molecular formula is C21H30N2O5. The summed E-state index contributed by atoms with van der Waals surface area (Å²) < 4.78 is 16.4. The molecule has 0 bridgehead atoms. The normalized spacial score (nSPS) is 21.4. The summed E-state index contributed by atoms with van der Waals surface area (Å²) in [5.41, 5.74) is 0.920. The smallest absolute Gasteiger partial charge is 0.227 e. The number of benzene rings is 1. The van der Waals surface area contributed by atoms with Crippen LogP contribution in [0.1, 0.15) is 31.2 Å². The fourth-order valence-electron chi connectivity index (χ4n) is 3.91. The highest BCUT2D eigenvalue weighted by atomic mass is 16.5. The molecule has 7 nitrogen and oxygen atoms in total. The highest BCUT2D eigenvalue weighted by Gasteiger charge is 2.44. The Hall–Kier alpha value is -2.44. The van der Waals surface area contributed by atoms with Crippen molar-refractivity contribution in [1.29, 1.82) is 0 Å². The topological polar surface area (TPSA) is 68.3 Å². The van der Waals surface area contributed by atoms with E-state index in [1.165, 1.54) is 0 Å². The third-order valence-electron chi connectivity index (χ3n) is 5.84. The van der Waals surface area contributed by atoms with Crippen molar-refractivity contribution < 1.29 is 23.8 Å². The number of rotatable bonds is 7. The van der Waals surface area contributed by atoms with E-state index in [1.54, 1.807) is 33.3 Å². The van der Waals surface area contributed by atoms with Crippen LogP contribution >= 0.6 is 0 Å². The molecule has 1 aliphatic carbocycles. The lowest BCUT2D eigenvalue weighted by atomic mass is 9.87. The fourth-order valence-corrected chi connectivity index (χ4v) is 3.91. The van der Waals surface area contributed by atoms with Crippen LogP contribution in [0.2, 0.25) is 0 Å². The summed E-state index contributed by atoms with van der Waals surface area (Å²) in [6.07, 6.45) is 1.91. The van der Waals surface area contributed by atoms with Gasteiger partial charge in [-0.25, -0.2) is 0 Å². The number of likely N-dealkylation sites (tertiary alicyclic amines) is 1. The Morgan fingerprint density at radius 3 is 2.14 bits per heavy atom. The summed E-state index contributed by atoms with van der Waals surface area (Å²) in [4.78, 5) is 29.3. The maximum Gasteiger partial charge on any atom is 0.227 e. The number of amides is 2. The molecule has 28 heavy (non-hydrogen) atoms. The van der Waals surface area contributed by atoms with Crippen molar-refractivity contribution in [1.82, 2.24) is 9.80 Å². The first kappa shape index (κ1) is 20.3. The van der Waals surface area contributed by atoms with Crippen molar-refractivity contribution >= 4 is 11.8 Å². The molecule has 1 saturated carbocycles. The Morgan fingerprint density at radius 2 is 1.68 bits per heavy atom. The second-order valence-electron chi connectivity index (χ2n) is 7.54. The maximum atomic E-state index is 13.0. The van der Waals surface area contributed by atoms with Gasteiger partial charge >= 0.3 is 0 Å². The van der Waals surface area contributed by atoms with Gasteiger partial charge in [-0.2, -0.15) is 0 Å². The van der Waals surface area contributed by atoms with Crippen LogP contribution in [-0.2, 0) is 9.59 Å². The van der Waals surface area contributed by atoms with Crippen molar-refractivity contribution in [2.45, 2.75) is 25.7 Å². The molecule has 2 amide bonds. The SMILES string of the molecule is CCN(C)C(=O)[C@@H]1CN(C(=O)C2CC2)C[C@@H]1c1cc(OC)c(OC)c(OC)c1.